The van der Waals surface area contributed by atoms with Gasteiger partial charge in [-0.15, -0.1) is 5.10 Å². The topological polar surface area (TPSA) is 92.5 Å². The van der Waals surface area contributed by atoms with E-state index >= 15 is 0 Å². The Labute approximate surface area is 111 Å². The van der Waals surface area contributed by atoms with Gasteiger partial charge in [0.2, 0.25) is 5.96 Å². The highest BCUT2D eigenvalue weighted by Crippen LogP contribution is 2.30. The number of hydrogen-bond acceptors (Lipinski definition) is 2. The maximum atomic E-state index is 5.35. The van der Waals surface area contributed by atoms with Gasteiger partial charge in [0, 0.05) is 22.2 Å². The zero-order valence-corrected chi connectivity index (χ0v) is 10.9. The molecule has 0 bridgehead atoms. The summed E-state index contributed by atoms with van der Waals surface area (Å²) in [6.45, 7) is 2.09. The molecule has 98 valence electrons. The molecule has 0 aliphatic heterocycles. The highest BCUT2D eigenvalue weighted by Gasteiger charge is 2.21. The van der Waals surface area contributed by atoms with Crippen LogP contribution in [0.4, 0.5) is 0 Å². The van der Waals surface area contributed by atoms with Gasteiger partial charge >= 0.3 is 0 Å². The van der Waals surface area contributed by atoms with Crippen LogP contribution in [0.1, 0.15) is 29.7 Å². The number of H-pyrrole nitrogens is 1. The van der Waals surface area contributed by atoms with Gasteiger partial charge in [-0.05, 0) is 38.3 Å². The molecule has 1 aliphatic carbocycles. The lowest BCUT2D eigenvalue weighted by atomic mass is 9.93. The number of nitrogens with zero attached hydrogens (tertiary/aromatic N) is 2. The van der Waals surface area contributed by atoms with E-state index in [1.165, 1.54) is 22.2 Å². The maximum absolute atomic E-state index is 5.35. The molecule has 5 nitrogen and oxygen atoms in total. The first-order chi connectivity index (χ1) is 9.15. The summed E-state index contributed by atoms with van der Waals surface area (Å²) in [7, 11) is 0. The Morgan fingerprint density at radius 2 is 2.11 bits per heavy atom. The van der Waals surface area contributed by atoms with Gasteiger partial charge in [-0.2, -0.15) is 5.10 Å². The Kier molecular flexibility index (Phi) is 2.74. The number of nitrogens with two attached hydrogens (primary N) is 2. The third-order valence-electron chi connectivity index (χ3n) is 3.45. The monoisotopic (exact) mass is 255 g/mol. The minimum absolute atomic E-state index is 0.00403. The highest BCUT2D eigenvalue weighted by molar-refractivity contribution is 6.12. The van der Waals surface area contributed by atoms with Crippen molar-refractivity contribution in [1.29, 1.82) is 0 Å². The van der Waals surface area contributed by atoms with Crippen LogP contribution in [0, 0.1) is 6.92 Å². The first kappa shape index (κ1) is 11.8. The van der Waals surface area contributed by atoms with E-state index in [4.69, 9.17) is 11.5 Å². The Morgan fingerprint density at radius 1 is 1.26 bits per heavy atom. The zero-order chi connectivity index (χ0) is 13.4. The normalized spacial score (nSPS) is 16.6. The van der Waals surface area contributed by atoms with Crippen LogP contribution in [0.3, 0.4) is 0 Å². The Morgan fingerprint density at radius 3 is 2.89 bits per heavy atom. The van der Waals surface area contributed by atoms with Crippen molar-refractivity contribution >= 4 is 22.6 Å². The van der Waals surface area contributed by atoms with Crippen LogP contribution in [0.15, 0.2) is 28.4 Å². The smallest absolute Gasteiger partial charge is 0.211 e. The number of aryl methyl sites for hydroxylation is 2. The molecular formula is C14H17N5. The molecule has 0 atom stereocenters. The molecule has 2 aromatic rings. The molecule has 5 heteroatoms. The quantitative estimate of drug-likeness (QED) is 0.412. The van der Waals surface area contributed by atoms with Crippen molar-refractivity contribution in [3.63, 3.8) is 0 Å². The van der Waals surface area contributed by atoms with E-state index in [0.29, 0.717) is 0 Å². The molecule has 0 saturated carbocycles. The molecule has 0 unspecified atom stereocenters. The Balaban J connectivity index is 2.22. The molecule has 1 aromatic carbocycles. The third kappa shape index (κ3) is 2.07. The number of benzene rings is 1. The summed E-state index contributed by atoms with van der Waals surface area (Å²) in [5, 5.41) is 9.22. The summed E-state index contributed by atoms with van der Waals surface area (Å²) in [6.07, 6.45) is 3.02. The number of aromatic nitrogens is 1. The van der Waals surface area contributed by atoms with Gasteiger partial charge in [0.1, 0.15) is 0 Å². The van der Waals surface area contributed by atoms with E-state index in [9.17, 15) is 0 Å². The SMILES string of the molecule is Cc1ccc2[nH]c3c(c2c1)/C(=N/N=C(N)N)CCC3. The van der Waals surface area contributed by atoms with Crippen molar-refractivity contribution in [2.75, 3.05) is 0 Å². The molecular weight excluding hydrogens is 238 g/mol. The maximum Gasteiger partial charge on any atom is 0.211 e. The summed E-state index contributed by atoms with van der Waals surface area (Å²) in [5.41, 5.74) is 16.5. The van der Waals surface area contributed by atoms with Gasteiger partial charge in [-0.25, -0.2) is 0 Å². The average molecular weight is 255 g/mol. The van der Waals surface area contributed by atoms with E-state index in [0.717, 1.165) is 30.5 Å². The van der Waals surface area contributed by atoms with E-state index < -0.39 is 0 Å². The number of rotatable bonds is 1. The van der Waals surface area contributed by atoms with Gasteiger partial charge in [0.15, 0.2) is 0 Å². The largest absolute Gasteiger partial charge is 0.369 e. The number of guanidine groups is 1. The van der Waals surface area contributed by atoms with Crippen LogP contribution in [0.25, 0.3) is 10.9 Å². The van der Waals surface area contributed by atoms with E-state index in [1.54, 1.807) is 0 Å². The summed E-state index contributed by atoms with van der Waals surface area (Å²) in [5.74, 6) is -0.00403. The van der Waals surface area contributed by atoms with Crippen LogP contribution in [0.2, 0.25) is 0 Å². The Hall–Kier alpha value is -2.30. The summed E-state index contributed by atoms with van der Waals surface area (Å²) in [4.78, 5) is 3.47. The molecule has 1 aliphatic rings. The zero-order valence-electron chi connectivity index (χ0n) is 10.9. The lowest BCUT2D eigenvalue weighted by Crippen LogP contribution is -2.22. The van der Waals surface area contributed by atoms with E-state index in [2.05, 4.69) is 40.3 Å². The van der Waals surface area contributed by atoms with Crippen molar-refractivity contribution in [2.24, 2.45) is 21.7 Å². The summed E-state index contributed by atoms with van der Waals surface area (Å²) < 4.78 is 0. The fourth-order valence-corrected chi connectivity index (χ4v) is 2.65. The number of nitrogens with one attached hydrogen (secondary N) is 1. The van der Waals surface area contributed by atoms with Crippen LogP contribution < -0.4 is 11.5 Å². The molecule has 0 spiro atoms. The summed E-state index contributed by atoms with van der Waals surface area (Å²) >= 11 is 0. The van der Waals surface area contributed by atoms with Gasteiger partial charge < -0.3 is 16.5 Å². The van der Waals surface area contributed by atoms with Gasteiger partial charge in [-0.1, -0.05) is 11.6 Å². The second-order valence-corrected chi connectivity index (χ2v) is 4.95. The molecule has 19 heavy (non-hydrogen) atoms. The predicted octanol–water partition coefficient (Wildman–Crippen LogP) is 1.79. The Bertz CT molecular complexity index is 689. The van der Waals surface area contributed by atoms with E-state index in [1.807, 2.05) is 0 Å². The minimum Gasteiger partial charge on any atom is -0.369 e. The minimum atomic E-state index is -0.00403. The molecule has 0 amide bonds. The van der Waals surface area contributed by atoms with Crippen molar-refractivity contribution in [3.8, 4) is 0 Å². The van der Waals surface area contributed by atoms with Gasteiger partial charge in [-0.3, -0.25) is 0 Å². The van der Waals surface area contributed by atoms with Crippen molar-refractivity contribution in [1.82, 2.24) is 4.98 Å². The first-order valence-electron chi connectivity index (χ1n) is 6.42. The third-order valence-corrected chi connectivity index (χ3v) is 3.45. The first-order valence-corrected chi connectivity index (χ1v) is 6.42. The fraction of sp³-hybridized carbons (Fsp3) is 0.286. The lowest BCUT2D eigenvalue weighted by molar-refractivity contribution is 0.818. The van der Waals surface area contributed by atoms with Crippen LogP contribution in [0.5, 0.6) is 0 Å². The molecule has 0 saturated heterocycles. The van der Waals surface area contributed by atoms with Gasteiger partial charge in [0.05, 0.1) is 5.71 Å². The molecule has 0 radical (unpaired) electrons. The van der Waals surface area contributed by atoms with Gasteiger partial charge in [0.25, 0.3) is 0 Å². The highest BCUT2D eigenvalue weighted by atomic mass is 15.3. The van der Waals surface area contributed by atoms with Crippen molar-refractivity contribution in [3.05, 3.63) is 35.0 Å². The number of aromatic amines is 1. The van der Waals surface area contributed by atoms with Crippen LogP contribution in [-0.4, -0.2) is 16.7 Å². The lowest BCUT2D eigenvalue weighted by Gasteiger charge is -2.13. The van der Waals surface area contributed by atoms with E-state index in [-0.39, 0.29) is 5.96 Å². The van der Waals surface area contributed by atoms with Crippen molar-refractivity contribution in [2.45, 2.75) is 26.2 Å². The predicted molar refractivity (Wildman–Crippen MR) is 78.3 cm³/mol. The van der Waals surface area contributed by atoms with Crippen molar-refractivity contribution < 1.29 is 0 Å². The average Bonchev–Trinajstić information content (AvgIpc) is 2.74. The fourth-order valence-electron chi connectivity index (χ4n) is 2.65. The number of hydrogen-bond donors (Lipinski definition) is 3. The molecule has 5 N–H and O–H groups in total. The molecule has 3 rings (SSSR count). The second kappa shape index (κ2) is 4.42. The summed E-state index contributed by atoms with van der Waals surface area (Å²) in [6, 6.07) is 6.40. The van der Waals surface area contributed by atoms with Crippen LogP contribution >= 0.6 is 0 Å². The van der Waals surface area contributed by atoms with Crippen LogP contribution in [-0.2, 0) is 6.42 Å². The molecule has 1 heterocycles. The molecule has 0 fully saturated rings. The molecule has 1 aromatic heterocycles. The number of fused-ring (bicyclic) bond motifs is 3. The standard InChI is InChI=1S/C14H17N5/c1-8-5-6-10-9(7-8)13-11(17-10)3-2-4-12(13)18-19-14(15)16/h5-7,17H,2-4H2,1H3,(H4,15,16,19)/b18-12+. The second-order valence-electron chi connectivity index (χ2n) is 4.95.